The second kappa shape index (κ2) is 5.28. The number of rotatable bonds is 4. The molecule has 0 aliphatic carbocycles. The highest BCUT2D eigenvalue weighted by Crippen LogP contribution is 2.36. The first-order chi connectivity index (χ1) is 8.60. The normalized spacial score (nSPS) is 10.8. The minimum absolute atomic E-state index is 0.00410. The van der Waals surface area contributed by atoms with Gasteiger partial charge in [0.1, 0.15) is 17.3 Å². The molecule has 0 fully saturated rings. The van der Waals surface area contributed by atoms with Crippen LogP contribution in [0.4, 0.5) is 0 Å². The number of benzene rings is 1. The summed E-state index contributed by atoms with van der Waals surface area (Å²) < 4.78 is 0. The summed E-state index contributed by atoms with van der Waals surface area (Å²) in [6.07, 6.45) is 0.401. The maximum absolute atomic E-state index is 9.75. The van der Waals surface area contributed by atoms with Gasteiger partial charge >= 0.3 is 0 Å². The molecule has 1 aromatic carbocycles. The van der Waals surface area contributed by atoms with Crippen molar-refractivity contribution in [1.82, 2.24) is 15.2 Å². The molecule has 0 amide bonds. The van der Waals surface area contributed by atoms with Crippen LogP contribution in [-0.4, -0.2) is 37.1 Å². The van der Waals surface area contributed by atoms with Crippen LogP contribution in [0, 0.1) is 6.92 Å². The quantitative estimate of drug-likeness (QED) is 0.621. The van der Waals surface area contributed by atoms with Gasteiger partial charge in [0.25, 0.3) is 0 Å². The number of nitrogens with zero attached hydrogens (tertiary/aromatic N) is 2. The Morgan fingerprint density at radius 1 is 1.28 bits per heavy atom. The lowest BCUT2D eigenvalue weighted by Gasteiger charge is -2.04. The summed E-state index contributed by atoms with van der Waals surface area (Å²) in [5.74, 6) is 0.765. The van der Waals surface area contributed by atoms with Crippen molar-refractivity contribution >= 4 is 11.8 Å². The monoisotopic (exact) mass is 267 g/mol. The molecule has 0 atom stereocenters. The molecule has 0 unspecified atom stereocenters. The Morgan fingerprint density at radius 3 is 2.78 bits per heavy atom. The third-order valence-electron chi connectivity index (χ3n) is 2.34. The third-order valence-corrected chi connectivity index (χ3v) is 3.25. The molecule has 1 aromatic heterocycles. The van der Waals surface area contributed by atoms with Gasteiger partial charge in [0, 0.05) is 6.42 Å². The van der Waals surface area contributed by atoms with Gasteiger partial charge in [0.05, 0.1) is 11.5 Å². The second-order valence-corrected chi connectivity index (χ2v) is 4.76. The van der Waals surface area contributed by atoms with Crippen molar-refractivity contribution in [3.8, 4) is 11.5 Å². The van der Waals surface area contributed by atoms with E-state index in [1.807, 2.05) is 0 Å². The molecule has 4 N–H and O–H groups in total. The van der Waals surface area contributed by atoms with Gasteiger partial charge in [-0.05, 0) is 36.4 Å². The predicted octanol–water partition coefficient (Wildman–Crippen LogP) is 1.21. The number of H-pyrrole nitrogens is 1. The number of aliphatic hydroxyl groups excluding tert-OH is 1. The maximum Gasteiger partial charge on any atom is 0.213 e. The highest BCUT2D eigenvalue weighted by molar-refractivity contribution is 7.99. The summed E-state index contributed by atoms with van der Waals surface area (Å²) in [5.41, 5.74) is 0.604. The third kappa shape index (κ3) is 2.74. The van der Waals surface area contributed by atoms with Gasteiger partial charge in [-0.15, -0.1) is 5.10 Å². The molecule has 1 heterocycles. The number of phenols is 2. The van der Waals surface area contributed by atoms with E-state index in [9.17, 15) is 10.2 Å². The van der Waals surface area contributed by atoms with Crippen LogP contribution in [0.1, 0.15) is 11.4 Å². The van der Waals surface area contributed by atoms with Crippen molar-refractivity contribution in [2.75, 3.05) is 6.61 Å². The number of aliphatic hydroxyl groups is 1. The van der Waals surface area contributed by atoms with Crippen LogP contribution in [-0.2, 0) is 6.42 Å². The molecule has 0 bridgehead atoms. The van der Waals surface area contributed by atoms with Crippen molar-refractivity contribution < 1.29 is 15.3 Å². The molecule has 0 aliphatic rings. The highest BCUT2D eigenvalue weighted by atomic mass is 32.2. The highest BCUT2D eigenvalue weighted by Gasteiger charge is 2.11. The van der Waals surface area contributed by atoms with Crippen LogP contribution in [0.5, 0.6) is 11.5 Å². The molecule has 0 aliphatic heterocycles. The van der Waals surface area contributed by atoms with E-state index in [1.54, 1.807) is 6.92 Å². The van der Waals surface area contributed by atoms with Gasteiger partial charge in [0.15, 0.2) is 0 Å². The number of hydrogen-bond donors (Lipinski definition) is 4. The lowest BCUT2D eigenvalue weighted by atomic mass is 10.2. The zero-order chi connectivity index (χ0) is 13.1. The predicted molar refractivity (Wildman–Crippen MR) is 65.8 cm³/mol. The van der Waals surface area contributed by atoms with E-state index in [0.29, 0.717) is 27.9 Å². The minimum atomic E-state index is -0.00410. The molecule has 2 aromatic rings. The van der Waals surface area contributed by atoms with Gasteiger partial charge in [-0.1, -0.05) is 0 Å². The number of aryl methyl sites for hydroxylation is 1. The van der Waals surface area contributed by atoms with E-state index in [1.165, 1.54) is 12.1 Å². The number of nitrogens with one attached hydrogen (secondary N) is 1. The van der Waals surface area contributed by atoms with Gasteiger partial charge in [0.2, 0.25) is 5.16 Å². The smallest absolute Gasteiger partial charge is 0.213 e. The van der Waals surface area contributed by atoms with E-state index in [4.69, 9.17) is 5.11 Å². The Balaban J connectivity index is 2.20. The van der Waals surface area contributed by atoms with Gasteiger partial charge in [-0.3, -0.25) is 5.10 Å². The van der Waals surface area contributed by atoms with Gasteiger partial charge in [-0.2, -0.15) is 0 Å². The number of aromatic amines is 1. The fourth-order valence-corrected chi connectivity index (χ4v) is 2.16. The summed E-state index contributed by atoms with van der Waals surface area (Å²) in [6, 6.07) is 2.95. The molecular formula is C11H13N3O3S. The molecule has 0 saturated heterocycles. The molecule has 2 rings (SSSR count). The Morgan fingerprint density at radius 2 is 2.06 bits per heavy atom. The van der Waals surface area contributed by atoms with Crippen molar-refractivity contribution in [1.29, 1.82) is 0 Å². The van der Waals surface area contributed by atoms with Crippen LogP contribution >= 0.6 is 11.8 Å². The van der Waals surface area contributed by atoms with Crippen LogP contribution < -0.4 is 0 Å². The van der Waals surface area contributed by atoms with E-state index < -0.39 is 0 Å². The van der Waals surface area contributed by atoms with Gasteiger partial charge < -0.3 is 15.3 Å². The van der Waals surface area contributed by atoms with Crippen LogP contribution in [0.3, 0.4) is 0 Å². The SMILES string of the molecule is Cc1cc(O)c(Sc2n[nH]c(CCO)n2)cc1O. The Bertz CT molecular complexity index is 556. The summed E-state index contributed by atoms with van der Waals surface area (Å²) in [5, 5.41) is 35.2. The Labute approximate surface area is 108 Å². The Kier molecular flexibility index (Phi) is 3.73. The van der Waals surface area contributed by atoms with Crippen molar-refractivity contribution in [2.24, 2.45) is 0 Å². The molecule has 18 heavy (non-hydrogen) atoms. The van der Waals surface area contributed by atoms with E-state index in [2.05, 4.69) is 15.2 Å². The van der Waals surface area contributed by atoms with Crippen molar-refractivity contribution in [2.45, 2.75) is 23.4 Å². The number of aromatic hydroxyl groups is 2. The summed E-state index contributed by atoms with van der Waals surface area (Å²) in [7, 11) is 0. The molecule has 96 valence electrons. The topological polar surface area (TPSA) is 102 Å². The fraction of sp³-hybridized carbons (Fsp3) is 0.273. The van der Waals surface area contributed by atoms with Crippen LogP contribution in [0.15, 0.2) is 22.2 Å². The van der Waals surface area contributed by atoms with E-state index >= 15 is 0 Å². The first-order valence-corrected chi connectivity index (χ1v) is 6.14. The van der Waals surface area contributed by atoms with E-state index in [-0.39, 0.29) is 18.1 Å². The average Bonchev–Trinajstić information content (AvgIpc) is 2.74. The lowest BCUT2D eigenvalue weighted by molar-refractivity contribution is 0.296. The largest absolute Gasteiger partial charge is 0.508 e. The number of phenolic OH excluding ortho intramolecular Hbond substituents is 2. The van der Waals surface area contributed by atoms with Crippen LogP contribution in [0.2, 0.25) is 0 Å². The number of aromatic nitrogens is 3. The summed E-state index contributed by atoms with van der Waals surface area (Å²) in [4.78, 5) is 4.61. The lowest BCUT2D eigenvalue weighted by Crippen LogP contribution is -1.92. The molecular weight excluding hydrogens is 254 g/mol. The van der Waals surface area contributed by atoms with Crippen LogP contribution in [0.25, 0.3) is 0 Å². The zero-order valence-corrected chi connectivity index (χ0v) is 10.5. The molecule has 6 nitrogen and oxygen atoms in total. The maximum atomic E-state index is 9.75. The summed E-state index contributed by atoms with van der Waals surface area (Å²) >= 11 is 1.14. The minimum Gasteiger partial charge on any atom is -0.508 e. The van der Waals surface area contributed by atoms with E-state index in [0.717, 1.165) is 11.8 Å². The molecule has 7 heteroatoms. The first kappa shape index (κ1) is 12.7. The average molecular weight is 267 g/mol. The summed E-state index contributed by atoms with van der Waals surface area (Å²) in [6.45, 7) is 1.70. The van der Waals surface area contributed by atoms with Gasteiger partial charge in [-0.25, -0.2) is 4.98 Å². The van der Waals surface area contributed by atoms with Crippen molar-refractivity contribution in [3.63, 3.8) is 0 Å². The zero-order valence-electron chi connectivity index (χ0n) is 9.71. The standard InChI is InChI=1S/C11H13N3O3S/c1-6-4-8(17)9(5-7(6)16)18-11-12-10(2-3-15)13-14-11/h4-5,15-17H,2-3H2,1H3,(H,12,13,14). The second-order valence-electron chi connectivity index (χ2n) is 3.75. The molecule has 0 saturated carbocycles. The van der Waals surface area contributed by atoms with Crippen molar-refractivity contribution in [3.05, 3.63) is 23.5 Å². The Hall–Kier alpha value is -1.73. The number of hydrogen-bond acceptors (Lipinski definition) is 6. The molecule has 0 radical (unpaired) electrons. The fourth-order valence-electron chi connectivity index (χ4n) is 1.38. The first-order valence-electron chi connectivity index (χ1n) is 5.32. The molecule has 0 spiro atoms.